The number of anilines is 2. The summed E-state index contributed by atoms with van der Waals surface area (Å²) < 4.78 is 4.72. The normalized spacial score (nSPS) is 16.0. The maximum absolute atomic E-state index is 13.8. The molecule has 2 fully saturated rings. The molecule has 0 bridgehead atoms. The molecule has 1 aliphatic carbocycles. The molecule has 0 atom stereocenters. The van der Waals surface area contributed by atoms with Crippen LogP contribution in [0.1, 0.15) is 56.1 Å². The van der Waals surface area contributed by atoms with Crippen LogP contribution < -0.4 is 9.80 Å². The van der Waals surface area contributed by atoms with Crippen molar-refractivity contribution in [1.29, 1.82) is 0 Å². The number of carbonyl (C=O) groups is 2. The molecule has 0 radical (unpaired) electrons. The topological polar surface area (TPSA) is 49.9 Å². The number of carbonyl (C=O) groups excluding carboxylic acids is 2. The molecule has 3 aromatic carbocycles. The zero-order valence-corrected chi connectivity index (χ0v) is 22.9. The van der Waals surface area contributed by atoms with Crippen LogP contribution in [0.4, 0.5) is 11.4 Å². The van der Waals surface area contributed by atoms with Gasteiger partial charge in [0.1, 0.15) is 0 Å². The van der Waals surface area contributed by atoms with Crippen molar-refractivity contribution >= 4 is 29.3 Å². The second-order valence-electron chi connectivity index (χ2n) is 10.6. The summed E-state index contributed by atoms with van der Waals surface area (Å²) in [5.41, 5.74) is 6.46. The van der Waals surface area contributed by atoms with Crippen LogP contribution in [0, 0.1) is 5.92 Å². The summed E-state index contributed by atoms with van der Waals surface area (Å²) in [6, 6.07) is 25.2. The Hall–Kier alpha value is -3.86. The Morgan fingerprint density at radius 1 is 0.872 bits per heavy atom. The summed E-state index contributed by atoms with van der Waals surface area (Å²) in [6.45, 7) is 2.80. The summed E-state index contributed by atoms with van der Waals surface area (Å²) in [5, 5.41) is 0. The van der Waals surface area contributed by atoms with Gasteiger partial charge in [-0.1, -0.05) is 67.8 Å². The summed E-state index contributed by atoms with van der Waals surface area (Å²) in [5.74, 6) is -0.159. The van der Waals surface area contributed by atoms with Gasteiger partial charge < -0.3 is 14.5 Å². The Morgan fingerprint density at radius 3 is 2.21 bits per heavy atom. The number of nitrogens with zero attached hydrogens (tertiary/aromatic N) is 2. The van der Waals surface area contributed by atoms with Crippen molar-refractivity contribution in [1.82, 2.24) is 0 Å². The molecule has 0 N–H and O–H groups in total. The second kappa shape index (κ2) is 12.8. The van der Waals surface area contributed by atoms with Crippen molar-refractivity contribution in [3.8, 4) is 11.1 Å². The van der Waals surface area contributed by atoms with E-state index < -0.39 is 5.97 Å². The van der Waals surface area contributed by atoms with E-state index in [-0.39, 0.29) is 11.8 Å². The van der Waals surface area contributed by atoms with Crippen molar-refractivity contribution < 1.29 is 14.3 Å². The largest absolute Gasteiger partial charge is 0.466 e. The molecule has 2 aliphatic rings. The van der Waals surface area contributed by atoms with E-state index in [1.165, 1.54) is 49.3 Å². The summed E-state index contributed by atoms with van der Waals surface area (Å²) in [4.78, 5) is 29.7. The Morgan fingerprint density at radius 2 is 1.54 bits per heavy atom. The Balaban J connectivity index is 1.35. The van der Waals surface area contributed by atoms with Gasteiger partial charge in [0, 0.05) is 36.5 Å². The predicted molar refractivity (Wildman–Crippen MR) is 159 cm³/mol. The number of methoxy groups -OCH3 is 1. The van der Waals surface area contributed by atoms with Crippen LogP contribution >= 0.6 is 0 Å². The minimum atomic E-state index is -0.402. The molecule has 1 saturated carbocycles. The zero-order valence-electron chi connectivity index (χ0n) is 22.9. The molecule has 5 rings (SSSR count). The fourth-order valence-electron chi connectivity index (χ4n) is 5.72. The second-order valence-corrected chi connectivity index (χ2v) is 10.6. The molecule has 0 aromatic heterocycles. The molecule has 0 spiro atoms. The van der Waals surface area contributed by atoms with E-state index in [0.717, 1.165) is 55.6 Å². The molecule has 0 unspecified atom stereocenters. The van der Waals surface area contributed by atoms with E-state index >= 15 is 0 Å². The standard InChI is InChI=1S/C34H38N2O3/c1-39-33(37)21-14-26-8-7-11-32(24-26)36(34(38)30-9-3-2-4-10-30)25-27-12-15-28(16-13-27)29-17-19-31(20-18-29)35-22-5-6-23-35/h7-8,11-21,24,30H,2-6,9-10,22-23,25H2,1H3/b21-14+. The number of hydrogen-bond acceptors (Lipinski definition) is 4. The average molecular weight is 523 g/mol. The Kier molecular flexibility index (Phi) is 8.77. The molecule has 1 saturated heterocycles. The van der Waals surface area contributed by atoms with Crippen molar-refractivity contribution in [3.63, 3.8) is 0 Å². The van der Waals surface area contributed by atoms with Crippen molar-refractivity contribution in [2.45, 2.75) is 51.5 Å². The minimum Gasteiger partial charge on any atom is -0.466 e. The first-order valence-electron chi connectivity index (χ1n) is 14.2. The van der Waals surface area contributed by atoms with Gasteiger partial charge in [0.15, 0.2) is 0 Å². The first kappa shape index (κ1) is 26.7. The maximum Gasteiger partial charge on any atom is 0.330 e. The monoisotopic (exact) mass is 522 g/mol. The van der Waals surface area contributed by atoms with E-state index in [2.05, 4.69) is 53.4 Å². The molecular formula is C34H38N2O3. The number of hydrogen-bond donors (Lipinski definition) is 0. The predicted octanol–water partition coefficient (Wildman–Crippen LogP) is 7.25. The third kappa shape index (κ3) is 6.78. The molecule has 202 valence electrons. The third-order valence-electron chi connectivity index (χ3n) is 7.98. The Labute approximate surface area is 232 Å². The van der Waals surface area contributed by atoms with Crippen LogP contribution in [0.2, 0.25) is 0 Å². The molecule has 1 amide bonds. The van der Waals surface area contributed by atoms with Crippen LogP contribution in [0.25, 0.3) is 17.2 Å². The number of amides is 1. The van der Waals surface area contributed by atoms with Gasteiger partial charge in [-0.2, -0.15) is 0 Å². The van der Waals surface area contributed by atoms with Crippen LogP contribution in [0.3, 0.4) is 0 Å². The molecule has 3 aromatic rings. The van der Waals surface area contributed by atoms with Gasteiger partial charge >= 0.3 is 5.97 Å². The molecule has 5 nitrogen and oxygen atoms in total. The fourth-order valence-corrected chi connectivity index (χ4v) is 5.72. The van der Waals surface area contributed by atoms with Gasteiger partial charge in [0.05, 0.1) is 13.7 Å². The highest BCUT2D eigenvalue weighted by Crippen LogP contribution is 2.30. The van der Waals surface area contributed by atoms with Crippen molar-refractivity contribution in [2.75, 3.05) is 30.0 Å². The van der Waals surface area contributed by atoms with E-state index in [9.17, 15) is 9.59 Å². The Bertz CT molecular complexity index is 1280. The molecule has 1 heterocycles. The summed E-state index contributed by atoms with van der Waals surface area (Å²) >= 11 is 0. The highest BCUT2D eigenvalue weighted by molar-refractivity contribution is 5.95. The maximum atomic E-state index is 13.8. The smallest absolute Gasteiger partial charge is 0.330 e. The van der Waals surface area contributed by atoms with Crippen molar-refractivity contribution in [3.05, 3.63) is 90.0 Å². The van der Waals surface area contributed by atoms with Gasteiger partial charge in [-0.15, -0.1) is 0 Å². The van der Waals surface area contributed by atoms with E-state index in [1.807, 2.05) is 29.2 Å². The number of ether oxygens (including phenoxy) is 1. The highest BCUT2D eigenvalue weighted by Gasteiger charge is 2.27. The van der Waals surface area contributed by atoms with E-state index in [0.29, 0.717) is 6.54 Å². The molecule has 39 heavy (non-hydrogen) atoms. The number of benzene rings is 3. The number of esters is 1. The van der Waals surface area contributed by atoms with Crippen molar-refractivity contribution in [2.24, 2.45) is 5.92 Å². The lowest BCUT2D eigenvalue weighted by molar-refractivity contribution is -0.134. The third-order valence-corrected chi connectivity index (χ3v) is 7.98. The SMILES string of the molecule is COC(=O)/C=C/c1cccc(N(Cc2ccc(-c3ccc(N4CCCC4)cc3)cc2)C(=O)C2CCCCC2)c1. The fraction of sp³-hybridized carbons (Fsp3) is 0.353. The van der Waals surface area contributed by atoms with Crippen LogP contribution in [-0.2, 0) is 20.9 Å². The molecule has 5 heteroatoms. The number of rotatable bonds is 8. The average Bonchev–Trinajstić information content (AvgIpc) is 3.55. The van der Waals surface area contributed by atoms with E-state index in [4.69, 9.17) is 4.74 Å². The first-order chi connectivity index (χ1) is 19.1. The molecular weight excluding hydrogens is 484 g/mol. The minimum absolute atomic E-state index is 0.0569. The van der Waals surface area contributed by atoms with E-state index in [1.54, 1.807) is 6.08 Å². The summed E-state index contributed by atoms with van der Waals surface area (Å²) in [6.07, 6.45) is 11.0. The lowest BCUT2D eigenvalue weighted by atomic mass is 9.88. The van der Waals surface area contributed by atoms with Gasteiger partial charge in [-0.3, -0.25) is 4.79 Å². The lowest BCUT2D eigenvalue weighted by Crippen LogP contribution is -2.36. The van der Waals surface area contributed by atoms with Gasteiger partial charge in [0.25, 0.3) is 0 Å². The van der Waals surface area contributed by atoms with Crippen LogP contribution in [0.5, 0.6) is 0 Å². The summed E-state index contributed by atoms with van der Waals surface area (Å²) in [7, 11) is 1.36. The van der Waals surface area contributed by atoms with Gasteiger partial charge in [-0.25, -0.2) is 4.79 Å². The zero-order chi connectivity index (χ0) is 27.0. The lowest BCUT2D eigenvalue weighted by Gasteiger charge is -2.30. The van der Waals surface area contributed by atoms with Gasteiger partial charge in [-0.05, 0) is 78.3 Å². The first-order valence-corrected chi connectivity index (χ1v) is 14.2. The quantitative estimate of drug-likeness (QED) is 0.231. The van der Waals surface area contributed by atoms with Gasteiger partial charge in [0.2, 0.25) is 5.91 Å². The van der Waals surface area contributed by atoms with Crippen LogP contribution in [-0.4, -0.2) is 32.1 Å². The molecule has 1 aliphatic heterocycles. The van der Waals surface area contributed by atoms with Crippen LogP contribution in [0.15, 0.2) is 78.9 Å². The highest BCUT2D eigenvalue weighted by atomic mass is 16.5.